The molecule has 0 aromatic carbocycles. The van der Waals surface area contributed by atoms with Gasteiger partial charge in [0.25, 0.3) is 0 Å². The number of carbonyl (C=O) groups excluding carboxylic acids is 1. The highest BCUT2D eigenvalue weighted by Crippen LogP contribution is 2.14. The van der Waals surface area contributed by atoms with E-state index in [1.54, 1.807) is 0 Å². The first-order valence-corrected chi connectivity index (χ1v) is 7.00. The number of amides is 1. The molecule has 2 aliphatic rings. The highest BCUT2D eigenvalue weighted by molar-refractivity contribution is 5.85. The van der Waals surface area contributed by atoms with Gasteiger partial charge in [0.2, 0.25) is 5.91 Å². The molecule has 0 radical (unpaired) electrons. The van der Waals surface area contributed by atoms with Crippen molar-refractivity contribution in [2.24, 2.45) is 5.92 Å². The molecule has 2 saturated heterocycles. The van der Waals surface area contributed by atoms with E-state index in [4.69, 9.17) is 0 Å². The van der Waals surface area contributed by atoms with Crippen molar-refractivity contribution in [2.45, 2.75) is 38.6 Å². The summed E-state index contributed by atoms with van der Waals surface area (Å²) in [5, 5.41) is 6.45. The second-order valence-electron chi connectivity index (χ2n) is 5.35. The van der Waals surface area contributed by atoms with Crippen molar-refractivity contribution in [3.8, 4) is 0 Å². The molecule has 2 heterocycles. The molecule has 0 aromatic rings. The molecule has 0 spiro atoms. The Bertz CT molecular complexity index is 260. The van der Waals surface area contributed by atoms with Crippen molar-refractivity contribution < 1.29 is 4.79 Å². The molecule has 19 heavy (non-hydrogen) atoms. The number of halogens is 2. The van der Waals surface area contributed by atoms with Gasteiger partial charge in [0.05, 0.1) is 0 Å². The number of rotatable bonds is 5. The third-order valence-corrected chi connectivity index (χ3v) is 4.00. The molecule has 0 saturated carbocycles. The standard InChI is InChI=1S/C13H25N3O.2ClH/c1-2-16-7-5-11(10-16)9-15-13(17)8-12-4-3-6-14-12;;/h11-12,14H,2-10H2,1H3,(H,15,17);2*1H. The number of nitrogens with one attached hydrogen (secondary N) is 2. The van der Waals surface area contributed by atoms with E-state index in [-0.39, 0.29) is 30.7 Å². The number of hydrogen-bond donors (Lipinski definition) is 2. The number of nitrogens with zero attached hydrogens (tertiary/aromatic N) is 1. The van der Waals surface area contributed by atoms with Gasteiger partial charge in [-0.15, -0.1) is 24.8 Å². The Hall–Kier alpha value is -0.0300. The summed E-state index contributed by atoms with van der Waals surface area (Å²) in [4.78, 5) is 14.2. The summed E-state index contributed by atoms with van der Waals surface area (Å²) in [6.45, 7) is 7.62. The lowest BCUT2D eigenvalue weighted by molar-refractivity contribution is -0.121. The zero-order chi connectivity index (χ0) is 12.1. The Labute approximate surface area is 128 Å². The van der Waals surface area contributed by atoms with Gasteiger partial charge in [-0.05, 0) is 44.8 Å². The first-order valence-electron chi connectivity index (χ1n) is 7.00. The molecule has 2 rings (SSSR count). The van der Waals surface area contributed by atoms with Crippen molar-refractivity contribution in [1.82, 2.24) is 15.5 Å². The van der Waals surface area contributed by atoms with Crippen LogP contribution in [0.4, 0.5) is 0 Å². The van der Waals surface area contributed by atoms with Crippen LogP contribution in [0.15, 0.2) is 0 Å². The highest BCUT2D eigenvalue weighted by atomic mass is 35.5. The fourth-order valence-corrected chi connectivity index (χ4v) is 2.85. The molecule has 114 valence electrons. The summed E-state index contributed by atoms with van der Waals surface area (Å²) in [6.07, 6.45) is 4.26. The van der Waals surface area contributed by atoms with Crippen LogP contribution in [0.1, 0.15) is 32.6 Å². The Morgan fingerprint density at radius 2 is 2.16 bits per heavy atom. The summed E-state index contributed by atoms with van der Waals surface area (Å²) in [7, 11) is 0. The lowest BCUT2D eigenvalue weighted by atomic mass is 10.1. The fourth-order valence-electron chi connectivity index (χ4n) is 2.85. The predicted octanol–water partition coefficient (Wildman–Crippen LogP) is 1.43. The summed E-state index contributed by atoms with van der Waals surface area (Å²) in [5.74, 6) is 0.884. The smallest absolute Gasteiger partial charge is 0.221 e. The number of likely N-dealkylation sites (tertiary alicyclic amines) is 1. The maximum atomic E-state index is 11.7. The first-order chi connectivity index (χ1) is 8.28. The maximum Gasteiger partial charge on any atom is 0.221 e. The zero-order valence-electron chi connectivity index (χ0n) is 11.7. The lowest BCUT2D eigenvalue weighted by Gasteiger charge is -2.15. The second-order valence-corrected chi connectivity index (χ2v) is 5.35. The minimum Gasteiger partial charge on any atom is -0.356 e. The highest BCUT2D eigenvalue weighted by Gasteiger charge is 2.22. The van der Waals surface area contributed by atoms with E-state index < -0.39 is 0 Å². The molecule has 2 N–H and O–H groups in total. The minimum absolute atomic E-state index is 0. The summed E-state index contributed by atoms with van der Waals surface area (Å²) < 4.78 is 0. The van der Waals surface area contributed by atoms with E-state index >= 15 is 0 Å². The van der Waals surface area contributed by atoms with E-state index in [0.717, 1.165) is 32.6 Å². The van der Waals surface area contributed by atoms with Gasteiger partial charge in [-0.3, -0.25) is 4.79 Å². The molecule has 4 nitrogen and oxygen atoms in total. The normalized spacial score (nSPS) is 26.6. The summed E-state index contributed by atoms with van der Waals surface area (Å²) >= 11 is 0. The monoisotopic (exact) mass is 311 g/mol. The van der Waals surface area contributed by atoms with Crippen molar-refractivity contribution in [3.63, 3.8) is 0 Å². The quantitative estimate of drug-likeness (QED) is 0.807. The van der Waals surface area contributed by atoms with Crippen LogP contribution in [0.2, 0.25) is 0 Å². The largest absolute Gasteiger partial charge is 0.356 e. The van der Waals surface area contributed by atoms with E-state index in [1.807, 2.05) is 0 Å². The van der Waals surface area contributed by atoms with Crippen molar-refractivity contribution >= 4 is 30.7 Å². The third-order valence-electron chi connectivity index (χ3n) is 4.00. The lowest BCUT2D eigenvalue weighted by Crippen LogP contribution is -2.35. The van der Waals surface area contributed by atoms with Gasteiger partial charge in [0, 0.05) is 25.6 Å². The van der Waals surface area contributed by atoms with Crippen LogP contribution < -0.4 is 10.6 Å². The van der Waals surface area contributed by atoms with E-state index in [1.165, 1.54) is 19.4 Å². The number of hydrogen-bond acceptors (Lipinski definition) is 3. The van der Waals surface area contributed by atoms with Gasteiger partial charge < -0.3 is 15.5 Å². The average Bonchev–Trinajstić information content (AvgIpc) is 2.96. The molecule has 2 unspecified atom stereocenters. The van der Waals surface area contributed by atoms with Crippen molar-refractivity contribution in [3.05, 3.63) is 0 Å². The van der Waals surface area contributed by atoms with Gasteiger partial charge in [-0.2, -0.15) is 0 Å². The molecule has 2 fully saturated rings. The van der Waals surface area contributed by atoms with Crippen LogP contribution in [-0.4, -0.2) is 49.6 Å². The number of carbonyl (C=O) groups is 1. The van der Waals surface area contributed by atoms with E-state index in [9.17, 15) is 4.79 Å². The Morgan fingerprint density at radius 3 is 2.74 bits per heavy atom. The van der Waals surface area contributed by atoms with E-state index in [2.05, 4.69) is 22.5 Å². The zero-order valence-corrected chi connectivity index (χ0v) is 13.3. The van der Waals surface area contributed by atoms with Crippen LogP contribution in [0.5, 0.6) is 0 Å². The van der Waals surface area contributed by atoms with Crippen LogP contribution in [0.25, 0.3) is 0 Å². The molecule has 2 aliphatic heterocycles. The van der Waals surface area contributed by atoms with Gasteiger partial charge in [0.1, 0.15) is 0 Å². The van der Waals surface area contributed by atoms with Crippen molar-refractivity contribution in [2.75, 3.05) is 32.7 Å². The molecule has 6 heteroatoms. The van der Waals surface area contributed by atoms with Crippen molar-refractivity contribution in [1.29, 1.82) is 0 Å². The average molecular weight is 312 g/mol. The van der Waals surface area contributed by atoms with Gasteiger partial charge >= 0.3 is 0 Å². The molecule has 0 aliphatic carbocycles. The molecule has 0 aromatic heterocycles. The molecule has 2 atom stereocenters. The predicted molar refractivity (Wildman–Crippen MR) is 83.4 cm³/mol. The van der Waals surface area contributed by atoms with Crippen LogP contribution in [0.3, 0.4) is 0 Å². The van der Waals surface area contributed by atoms with Gasteiger partial charge in [0.15, 0.2) is 0 Å². The third kappa shape index (κ3) is 6.30. The summed E-state index contributed by atoms with van der Waals surface area (Å²) in [5.41, 5.74) is 0. The Kier molecular flexibility index (Phi) is 9.79. The fraction of sp³-hybridized carbons (Fsp3) is 0.923. The maximum absolute atomic E-state index is 11.7. The molecule has 0 bridgehead atoms. The first kappa shape index (κ1) is 19.0. The molecular formula is C13H27Cl2N3O. The minimum atomic E-state index is 0. The Morgan fingerprint density at radius 1 is 1.37 bits per heavy atom. The van der Waals surface area contributed by atoms with E-state index in [0.29, 0.717) is 18.4 Å². The Balaban J connectivity index is 0.00000162. The molecular weight excluding hydrogens is 285 g/mol. The van der Waals surface area contributed by atoms with Gasteiger partial charge in [-0.1, -0.05) is 6.92 Å². The SMILES string of the molecule is CCN1CCC(CNC(=O)CC2CCCN2)C1.Cl.Cl. The van der Waals surface area contributed by atoms with Gasteiger partial charge in [-0.25, -0.2) is 0 Å². The topological polar surface area (TPSA) is 44.4 Å². The van der Waals surface area contributed by atoms with Crippen LogP contribution >= 0.6 is 24.8 Å². The van der Waals surface area contributed by atoms with Crippen LogP contribution in [-0.2, 0) is 4.79 Å². The molecule has 1 amide bonds. The summed E-state index contributed by atoms with van der Waals surface area (Å²) in [6, 6.07) is 0.422. The van der Waals surface area contributed by atoms with Crippen LogP contribution in [0, 0.1) is 5.92 Å². The second kappa shape index (κ2) is 9.81.